The maximum Gasteiger partial charge on any atom is 0.174 e. The Hall–Kier alpha value is -3.52. The minimum Gasteiger partial charge on any atom is -0.494 e. The third-order valence-electron chi connectivity index (χ3n) is 5.90. The van der Waals surface area contributed by atoms with Gasteiger partial charge in [0.15, 0.2) is 16.6 Å². The summed E-state index contributed by atoms with van der Waals surface area (Å²) in [5.74, 6) is 2.42. The Balaban J connectivity index is 1.60. The fraction of sp³-hybridized carbons (Fsp3) is 0.296. The van der Waals surface area contributed by atoms with E-state index in [1.54, 1.807) is 26.4 Å². The number of nitrogens with zero attached hydrogens (tertiary/aromatic N) is 1. The average Bonchev–Trinajstić information content (AvgIpc) is 2.88. The van der Waals surface area contributed by atoms with Crippen LogP contribution in [-0.2, 0) is 6.42 Å². The van der Waals surface area contributed by atoms with E-state index in [0.29, 0.717) is 42.1 Å². The van der Waals surface area contributed by atoms with Crippen molar-refractivity contribution >= 4 is 23.0 Å². The van der Waals surface area contributed by atoms with Crippen LogP contribution in [0.2, 0.25) is 0 Å². The van der Waals surface area contributed by atoms with E-state index in [-0.39, 0.29) is 11.9 Å². The van der Waals surface area contributed by atoms with Crippen molar-refractivity contribution in [3.8, 4) is 23.0 Å². The van der Waals surface area contributed by atoms with Gasteiger partial charge in [-0.3, -0.25) is 0 Å². The first-order valence-electron chi connectivity index (χ1n) is 11.5. The van der Waals surface area contributed by atoms with Crippen LogP contribution in [0.25, 0.3) is 0 Å². The van der Waals surface area contributed by atoms with Gasteiger partial charge in [-0.1, -0.05) is 0 Å². The fourth-order valence-corrected chi connectivity index (χ4v) is 4.49. The molecule has 1 atom stereocenters. The molecule has 0 radical (unpaired) electrons. The Morgan fingerprint density at radius 2 is 1.60 bits per heavy atom. The monoisotopic (exact) mass is 496 g/mol. The number of hydrogen-bond acceptors (Lipinski definition) is 5. The summed E-state index contributed by atoms with van der Waals surface area (Å²) < 4.78 is 36.0. The van der Waals surface area contributed by atoms with E-state index < -0.39 is 0 Å². The zero-order valence-electron chi connectivity index (χ0n) is 20.0. The SMILES string of the molecule is CCOc1ccc(NC(=S)N2CCc3cc(OC)c(OC)cc3[C@H]2COc2ccc(F)cc2)cc1. The molecule has 3 aromatic rings. The van der Waals surface area contributed by atoms with Crippen LogP contribution in [0.1, 0.15) is 24.1 Å². The number of fused-ring (bicyclic) bond motifs is 1. The van der Waals surface area contributed by atoms with Crippen LogP contribution in [0.15, 0.2) is 60.7 Å². The van der Waals surface area contributed by atoms with Gasteiger partial charge in [-0.15, -0.1) is 0 Å². The predicted molar refractivity (Wildman–Crippen MR) is 138 cm³/mol. The third kappa shape index (κ3) is 5.77. The lowest BCUT2D eigenvalue weighted by atomic mass is 9.92. The van der Waals surface area contributed by atoms with Gasteiger partial charge < -0.3 is 29.2 Å². The third-order valence-corrected chi connectivity index (χ3v) is 6.24. The predicted octanol–water partition coefficient (Wildman–Crippen LogP) is 5.62. The van der Waals surface area contributed by atoms with Crippen molar-refractivity contribution in [2.75, 3.05) is 39.3 Å². The number of hydrogen-bond donors (Lipinski definition) is 1. The van der Waals surface area contributed by atoms with E-state index >= 15 is 0 Å². The molecule has 1 N–H and O–H groups in total. The molecule has 0 aliphatic carbocycles. The van der Waals surface area contributed by atoms with E-state index in [1.807, 2.05) is 43.3 Å². The topological polar surface area (TPSA) is 52.2 Å². The molecule has 184 valence electrons. The summed E-state index contributed by atoms with van der Waals surface area (Å²) in [6.45, 7) is 3.58. The van der Waals surface area contributed by atoms with Crippen molar-refractivity contribution in [1.82, 2.24) is 4.90 Å². The molecule has 0 saturated heterocycles. The molecule has 0 aromatic heterocycles. The van der Waals surface area contributed by atoms with Gasteiger partial charge in [0.25, 0.3) is 0 Å². The number of nitrogens with one attached hydrogen (secondary N) is 1. The number of anilines is 1. The lowest BCUT2D eigenvalue weighted by Gasteiger charge is -2.39. The number of thiocarbonyl (C=S) groups is 1. The first-order valence-corrected chi connectivity index (χ1v) is 11.9. The van der Waals surface area contributed by atoms with E-state index in [0.717, 1.165) is 29.0 Å². The second-order valence-corrected chi connectivity index (χ2v) is 8.40. The van der Waals surface area contributed by atoms with Crippen LogP contribution in [0.3, 0.4) is 0 Å². The first kappa shape index (κ1) is 24.6. The molecule has 0 bridgehead atoms. The van der Waals surface area contributed by atoms with Crippen molar-refractivity contribution in [1.29, 1.82) is 0 Å². The maximum absolute atomic E-state index is 13.4. The molecular weight excluding hydrogens is 467 g/mol. The van der Waals surface area contributed by atoms with Crippen molar-refractivity contribution in [3.63, 3.8) is 0 Å². The Bertz CT molecular complexity index is 1160. The van der Waals surface area contributed by atoms with Crippen LogP contribution in [0.4, 0.5) is 10.1 Å². The standard InChI is InChI=1S/C27H29FN2O4S/c1-4-33-21-11-7-20(8-12-21)29-27(35)30-14-13-18-15-25(31-2)26(32-3)16-23(18)24(30)17-34-22-9-5-19(28)6-10-22/h5-12,15-16,24H,4,13-14,17H2,1-3H3,(H,29,35)/t24-/m1/s1. The van der Waals surface area contributed by atoms with Crippen LogP contribution < -0.4 is 24.3 Å². The summed E-state index contributed by atoms with van der Waals surface area (Å²) >= 11 is 5.83. The van der Waals surface area contributed by atoms with Crippen LogP contribution in [-0.4, -0.2) is 44.0 Å². The summed E-state index contributed by atoms with van der Waals surface area (Å²) in [7, 11) is 3.25. The highest BCUT2D eigenvalue weighted by atomic mass is 32.1. The molecule has 4 rings (SSSR count). The van der Waals surface area contributed by atoms with Gasteiger partial charge in [-0.25, -0.2) is 4.39 Å². The molecule has 0 fully saturated rings. The Kier molecular flexibility index (Phi) is 7.92. The maximum atomic E-state index is 13.4. The van der Waals surface area contributed by atoms with Crippen LogP contribution >= 0.6 is 12.2 Å². The molecule has 0 unspecified atom stereocenters. The summed E-state index contributed by atoms with van der Waals surface area (Å²) in [4.78, 5) is 2.11. The summed E-state index contributed by atoms with van der Waals surface area (Å²) in [5, 5.41) is 3.92. The van der Waals surface area contributed by atoms with Gasteiger partial charge in [-0.05, 0) is 97.4 Å². The van der Waals surface area contributed by atoms with Crippen molar-refractivity contribution in [3.05, 3.63) is 77.6 Å². The molecule has 1 aliphatic rings. The van der Waals surface area contributed by atoms with Crippen molar-refractivity contribution in [2.45, 2.75) is 19.4 Å². The van der Waals surface area contributed by atoms with Crippen molar-refractivity contribution < 1.29 is 23.3 Å². The Morgan fingerprint density at radius 3 is 2.26 bits per heavy atom. The molecule has 0 saturated carbocycles. The van der Waals surface area contributed by atoms with Gasteiger partial charge in [0.05, 0.1) is 26.9 Å². The lowest BCUT2D eigenvalue weighted by molar-refractivity contribution is 0.190. The molecule has 1 aliphatic heterocycles. The molecule has 3 aromatic carbocycles. The molecule has 6 nitrogen and oxygen atoms in total. The normalized spacial score (nSPS) is 14.6. The minimum absolute atomic E-state index is 0.189. The number of ether oxygens (including phenoxy) is 4. The quantitative estimate of drug-likeness (QED) is 0.407. The van der Waals surface area contributed by atoms with Gasteiger partial charge in [-0.2, -0.15) is 0 Å². The highest BCUT2D eigenvalue weighted by molar-refractivity contribution is 7.80. The van der Waals surface area contributed by atoms with E-state index in [2.05, 4.69) is 10.2 Å². The number of rotatable bonds is 8. The number of benzene rings is 3. The van der Waals surface area contributed by atoms with Gasteiger partial charge in [0, 0.05) is 12.2 Å². The molecule has 8 heteroatoms. The van der Waals surface area contributed by atoms with Crippen LogP contribution in [0.5, 0.6) is 23.0 Å². The second-order valence-electron chi connectivity index (χ2n) is 8.02. The molecule has 0 amide bonds. The molecule has 0 spiro atoms. The van der Waals surface area contributed by atoms with Gasteiger partial charge in [0.1, 0.15) is 23.9 Å². The molecule has 1 heterocycles. The fourth-order valence-electron chi connectivity index (χ4n) is 4.15. The van der Waals surface area contributed by atoms with Crippen molar-refractivity contribution in [2.24, 2.45) is 0 Å². The molecular formula is C27H29FN2O4S. The number of halogens is 1. The summed E-state index contributed by atoms with van der Waals surface area (Å²) in [6.07, 6.45) is 0.786. The first-order chi connectivity index (χ1) is 17.0. The van der Waals surface area contributed by atoms with E-state index in [4.69, 9.17) is 31.2 Å². The largest absolute Gasteiger partial charge is 0.494 e. The molecule has 35 heavy (non-hydrogen) atoms. The summed E-state index contributed by atoms with van der Waals surface area (Å²) in [6, 6.07) is 17.5. The van der Waals surface area contributed by atoms with E-state index in [1.165, 1.54) is 12.1 Å². The minimum atomic E-state index is -0.306. The second kappa shape index (κ2) is 11.3. The Morgan fingerprint density at radius 1 is 0.971 bits per heavy atom. The summed E-state index contributed by atoms with van der Waals surface area (Å²) in [5.41, 5.74) is 3.07. The highest BCUT2D eigenvalue weighted by Gasteiger charge is 2.31. The van der Waals surface area contributed by atoms with Crippen LogP contribution in [0, 0.1) is 5.82 Å². The Labute approximate surface area is 210 Å². The van der Waals surface area contributed by atoms with E-state index in [9.17, 15) is 4.39 Å². The van der Waals surface area contributed by atoms with Gasteiger partial charge in [0.2, 0.25) is 0 Å². The number of methoxy groups -OCH3 is 2. The van der Waals surface area contributed by atoms with Gasteiger partial charge >= 0.3 is 0 Å². The highest BCUT2D eigenvalue weighted by Crippen LogP contribution is 2.38. The lowest BCUT2D eigenvalue weighted by Crippen LogP contribution is -2.44. The zero-order chi connectivity index (χ0) is 24.8. The zero-order valence-corrected chi connectivity index (χ0v) is 20.9. The average molecular weight is 497 g/mol. The smallest absolute Gasteiger partial charge is 0.174 e.